The third-order valence-corrected chi connectivity index (χ3v) is 5.47. The Hall–Kier alpha value is -2.09. The summed E-state index contributed by atoms with van der Waals surface area (Å²) in [6.07, 6.45) is 0.132. The molecule has 0 saturated carbocycles. The SMILES string of the molecule is O=C(O)[C@@H]1C[C@@H]2CN1C(=O)N2S(=O)(=O)c1ccccc1. The lowest BCUT2D eigenvalue weighted by Crippen LogP contribution is -2.50. The first-order valence-corrected chi connectivity index (χ1v) is 7.50. The predicted molar refractivity (Wildman–Crippen MR) is 67.4 cm³/mol. The number of urea groups is 1. The number of fused-ring (bicyclic) bond motifs is 2. The van der Waals surface area contributed by atoms with Crippen molar-refractivity contribution in [1.29, 1.82) is 0 Å². The van der Waals surface area contributed by atoms with Crippen LogP contribution < -0.4 is 0 Å². The minimum absolute atomic E-state index is 0.0361. The van der Waals surface area contributed by atoms with Gasteiger partial charge in [0.2, 0.25) is 0 Å². The lowest BCUT2D eigenvalue weighted by atomic mass is 10.1. The molecule has 2 aliphatic heterocycles. The molecule has 1 aromatic rings. The maximum atomic E-state index is 12.4. The Morgan fingerprint density at radius 3 is 2.45 bits per heavy atom. The summed E-state index contributed by atoms with van der Waals surface area (Å²) >= 11 is 0. The first kappa shape index (κ1) is 12.9. The predicted octanol–water partition coefficient (Wildman–Crippen LogP) is 0.338. The summed E-state index contributed by atoms with van der Waals surface area (Å²) in [7, 11) is -3.92. The van der Waals surface area contributed by atoms with Gasteiger partial charge in [0.25, 0.3) is 10.0 Å². The molecule has 1 N–H and O–H groups in total. The van der Waals surface area contributed by atoms with Gasteiger partial charge < -0.3 is 10.0 Å². The van der Waals surface area contributed by atoms with Crippen LogP contribution in [0.5, 0.6) is 0 Å². The van der Waals surface area contributed by atoms with E-state index in [4.69, 9.17) is 5.11 Å². The van der Waals surface area contributed by atoms with Crippen LogP contribution in [0, 0.1) is 0 Å². The fourth-order valence-electron chi connectivity index (χ4n) is 2.72. The maximum absolute atomic E-state index is 12.4. The molecule has 0 radical (unpaired) electrons. The van der Waals surface area contributed by atoms with Gasteiger partial charge in [0.1, 0.15) is 6.04 Å². The van der Waals surface area contributed by atoms with E-state index < -0.39 is 34.1 Å². The minimum Gasteiger partial charge on any atom is -0.480 e. The molecule has 2 saturated heterocycles. The highest BCUT2D eigenvalue weighted by Gasteiger charge is 2.55. The molecule has 7 nitrogen and oxygen atoms in total. The van der Waals surface area contributed by atoms with Crippen LogP contribution >= 0.6 is 0 Å². The normalized spacial score (nSPS) is 25.3. The molecule has 0 unspecified atom stereocenters. The van der Waals surface area contributed by atoms with Crippen molar-refractivity contribution < 1.29 is 23.1 Å². The van der Waals surface area contributed by atoms with E-state index >= 15 is 0 Å². The van der Waals surface area contributed by atoms with Crippen LogP contribution in [0.4, 0.5) is 4.79 Å². The molecule has 106 valence electrons. The largest absolute Gasteiger partial charge is 0.480 e. The second-order valence-corrected chi connectivity index (χ2v) is 6.61. The van der Waals surface area contributed by atoms with E-state index in [9.17, 15) is 18.0 Å². The molecule has 0 spiro atoms. The summed E-state index contributed by atoms with van der Waals surface area (Å²) in [6, 6.07) is 5.39. The zero-order valence-electron chi connectivity index (χ0n) is 10.3. The number of aliphatic carboxylic acids is 1. The van der Waals surface area contributed by atoms with Gasteiger partial charge in [-0.1, -0.05) is 18.2 Å². The summed E-state index contributed by atoms with van der Waals surface area (Å²) in [6.45, 7) is 0.141. The average Bonchev–Trinajstić information content (AvgIpc) is 2.97. The summed E-state index contributed by atoms with van der Waals surface area (Å²) in [5.41, 5.74) is 0. The van der Waals surface area contributed by atoms with Crippen molar-refractivity contribution in [2.75, 3.05) is 6.54 Å². The molecule has 8 heteroatoms. The van der Waals surface area contributed by atoms with Gasteiger partial charge in [-0.05, 0) is 12.1 Å². The number of hydrogen-bond acceptors (Lipinski definition) is 4. The van der Waals surface area contributed by atoms with E-state index in [-0.39, 0.29) is 17.9 Å². The average molecular weight is 296 g/mol. The Kier molecular flexibility index (Phi) is 2.72. The van der Waals surface area contributed by atoms with Crippen molar-refractivity contribution in [3.8, 4) is 0 Å². The highest BCUT2D eigenvalue weighted by Crippen LogP contribution is 2.35. The van der Waals surface area contributed by atoms with Crippen LogP contribution in [-0.4, -0.2) is 53.4 Å². The van der Waals surface area contributed by atoms with E-state index in [1.807, 2.05) is 0 Å². The number of carbonyl (C=O) groups is 2. The Morgan fingerprint density at radius 2 is 1.90 bits per heavy atom. The van der Waals surface area contributed by atoms with Crippen LogP contribution in [0.1, 0.15) is 6.42 Å². The third-order valence-electron chi connectivity index (χ3n) is 3.63. The van der Waals surface area contributed by atoms with E-state index in [0.29, 0.717) is 0 Å². The molecule has 3 rings (SSSR count). The number of amides is 2. The molecule has 0 aliphatic carbocycles. The van der Waals surface area contributed by atoms with Crippen molar-refractivity contribution in [3.05, 3.63) is 30.3 Å². The zero-order chi connectivity index (χ0) is 14.5. The van der Waals surface area contributed by atoms with Gasteiger partial charge in [-0.2, -0.15) is 0 Å². The fourth-order valence-corrected chi connectivity index (χ4v) is 4.30. The quantitative estimate of drug-likeness (QED) is 0.867. The second-order valence-electron chi connectivity index (χ2n) is 4.79. The van der Waals surface area contributed by atoms with Crippen molar-refractivity contribution in [2.45, 2.75) is 23.4 Å². The van der Waals surface area contributed by atoms with E-state index in [2.05, 4.69) is 0 Å². The van der Waals surface area contributed by atoms with Gasteiger partial charge in [0.05, 0.1) is 10.9 Å². The van der Waals surface area contributed by atoms with Crippen molar-refractivity contribution in [3.63, 3.8) is 0 Å². The summed E-state index contributed by atoms with van der Waals surface area (Å²) in [4.78, 5) is 24.3. The molecule has 2 heterocycles. The first-order chi connectivity index (χ1) is 9.43. The summed E-state index contributed by atoms with van der Waals surface area (Å²) < 4.78 is 25.7. The zero-order valence-corrected chi connectivity index (χ0v) is 11.2. The molecule has 2 bridgehead atoms. The number of carboxylic acids is 1. The van der Waals surface area contributed by atoms with E-state index in [1.165, 1.54) is 12.1 Å². The minimum atomic E-state index is -3.92. The Morgan fingerprint density at radius 1 is 1.25 bits per heavy atom. The number of carbonyl (C=O) groups excluding carboxylic acids is 1. The molecule has 1 aromatic carbocycles. The van der Waals surface area contributed by atoms with E-state index in [1.54, 1.807) is 18.2 Å². The molecule has 2 amide bonds. The molecule has 2 atom stereocenters. The molecular formula is C12H12N2O5S. The summed E-state index contributed by atoms with van der Waals surface area (Å²) in [5, 5.41) is 9.00. The number of benzene rings is 1. The molecule has 2 aliphatic rings. The van der Waals surface area contributed by atoms with Gasteiger partial charge >= 0.3 is 12.0 Å². The van der Waals surface area contributed by atoms with Gasteiger partial charge in [-0.25, -0.2) is 22.3 Å². The summed E-state index contributed by atoms with van der Waals surface area (Å²) in [5.74, 6) is -1.10. The van der Waals surface area contributed by atoms with Crippen molar-refractivity contribution in [2.24, 2.45) is 0 Å². The monoisotopic (exact) mass is 296 g/mol. The van der Waals surface area contributed by atoms with Crippen molar-refractivity contribution >= 4 is 22.0 Å². The van der Waals surface area contributed by atoms with E-state index in [0.717, 1.165) is 9.21 Å². The smallest absolute Gasteiger partial charge is 0.335 e. The van der Waals surface area contributed by atoms with Crippen LogP contribution in [0.15, 0.2) is 35.2 Å². The Balaban J connectivity index is 1.95. The third kappa shape index (κ3) is 1.68. The number of nitrogens with zero attached hydrogens (tertiary/aromatic N) is 2. The number of sulfonamides is 1. The molecule has 0 aromatic heterocycles. The lowest BCUT2D eigenvalue weighted by Gasteiger charge is -2.29. The molecule has 20 heavy (non-hydrogen) atoms. The van der Waals surface area contributed by atoms with Crippen LogP contribution in [0.2, 0.25) is 0 Å². The highest BCUT2D eigenvalue weighted by molar-refractivity contribution is 7.89. The second kappa shape index (κ2) is 4.20. The number of rotatable bonds is 3. The highest BCUT2D eigenvalue weighted by atomic mass is 32.2. The van der Waals surface area contributed by atoms with Crippen LogP contribution in [0.25, 0.3) is 0 Å². The Labute approximate surface area is 115 Å². The number of hydrogen-bond donors (Lipinski definition) is 1. The van der Waals surface area contributed by atoms with Crippen LogP contribution in [-0.2, 0) is 14.8 Å². The first-order valence-electron chi connectivity index (χ1n) is 6.06. The topological polar surface area (TPSA) is 95.0 Å². The van der Waals surface area contributed by atoms with Gasteiger partial charge in [-0.15, -0.1) is 0 Å². The maximum Gasteiger partial charge on any atom is 0.335 e. The van der Waals surface area contributed by atoms with Crippen molar-refractivity contribution in [1.82, 2.24) is 9.21 Å². The van der Waals surface area contributed by atoms with Gasteiger partial charge in [0, 0.05) is 13.0 Å². The van der Waals surface area contributed by atoms with Gasteiger partial charge in [-0.3, -0.25) is 0 Å². The molecule has 2 fully saturated rings. The standard InChI is InChI=1S/C12H12N2O5S/c15-11(16)10-6-8-7-13(10)12(17)14(8)20(18,19)9-4-2-1-3-5-9/h1-5,8,10H,6-7H2,(H,15,16)/t8-,10+/m1/s1. The lowest BCUT2D eigenvalue weighted by molar-refractivity contribution is -0.141. The van der Waals surface area contributed by atoms with Crippen LogP contribution in [0.3, 0.4) is 0 Å². The number of carboxylic acid groups (broad SMARTS) is 1. The fraction of sp³-hybridized carbons (Fsp3) is 0.333. The van der Waals surface area contributed by atoms with Gasteiger partial charge in [0.15, 0.2) is 0 Å². The molecular weight excluding hydrogens is 284 g/mol. The Bertz CT molecular complexity index is 672.